The molecule has 0 fully saturated rings. The molecule has 0 saturated heterocycles. The molecule has 1 aromatic carbocycles. The second-order valence-electron chi connectivity index (χ2n) is 5.36. The van der Waals surface area contributed by atoms with Crippen molar-refractivity contribution in [3.05, 3.63) is 51.3 Å². The molecule has 1 unspecified atom stereocenters. The topological polar surface area (TPSA) is 38.1 Å². The van der Waals surface area contributed by atoms with Crippen LogP contribution in [0.2, 0.25) is 5.15 Å². The molecule has 21 heavy (non-hydrogen) atoms. The zero-order chi connectivity index (χ0) is 15.9. The van der Waals surface area contributed by atoms with E-state index in [1.807, 2.05) is 13.8 Å². The lowest BCUT2D eigenvalue weighted by Gasteiger charge is -2.16. The van der Waals surface area contributed by atoms with Gasteiger partial charge in [0.25, 0.3) is 0 Å². The fourth-order valence-electron chi connectivity index (χ4n) is 2.29. The lowest BCUT2D eigenvalue weighted by Crippen LogP contribution is -2.09. The molecule has 3 nitrogen and oxygen atoms in total. The summed E-state index contributed by atoms with van der Waals surface area (Å²) in [4.78, 5) is 0. The Morgan fingerprint density at radius 3 is 2.43 bits per heavy atom. The molecule has 1 N–H and O–H groups in total. The highest BCUT2D eigenvalue weighted by atomic mass is 35.5. The third-order valence-corrected chi connectivity index (χ3v) is 3.90. The molecule has 0 spiro atoms. The monoisotopic (exact) mass is 314 g/mol. The summed E-state index contributed by atoms with van der Waals surface area (Å²) >= 11 is 6.14. The first-order valence-corrected chi connectivity index (χ1v) is 6.98. The van der Waals surface area contributed by atoms with Crippen LogP contribution in [0.5, 0.6) is 0 Å². The molecule has 0 aliphatic heterocycles. The summed E-state index contributed by atoms with van der Waals surface area (Å²) < 4.78 is 29.6. The van der Waals surface area contributed by atoms with Crippen molar-refractivity contribution in [3.63, 3.8) is 0 Å². The molecule has 6 heteroatoms. The number of halogens is 3. The minimum Gasteiger partial charge on any atom is -0.383 e. The van der Waals surface area contributed by atoms with Crippen molar-refractivity contribution >= 4 is 11.6 Å². The Bertz CT molecular complexity index is 683. The van der Waals surface area contributed by atoms with E-state index in [2.05, 4.69) is 5.10 Å². The summed E-state index contributed by atoms with van der Waals surface area (Å²) in [7, 11) is 1.62. The molecule has 1 aromatic heterocycles. The molecule has 0 saturated carbocycles. The molecule has 1 atom stereocenters. The second kappa shape index (κ2) is 5.73. The van der Waals surface area contributed by atoms with Gasteiger partial charge in [-0.15, -0.1) is 0 Å². The first-order valence-electron chi connectivity index (χ1n) is 6.60. The number of aliphatic hydroxyl groups excluding tert-OH is 1. The lowest BCUT2D eigenvalue weighted by atomic mass is 9.95. The van der Waals surface area contributed by atoms with Crippen LogP contribution in [0.4, 0.5) is 8.78 Å². The quantitative estimate of drug-likeness (QED) is 0.934. The average molecular weight is 315 g/mol. The SMILES string of the molecule is Cc1ccc(F)c(C(O)c2c(C(C)C)nn(C)c2Cl)c1F. The molecule has 0 bridgehead atoms. The summed E-state index contributed by atoms with van der Waals surface area (Å²) in [5.74, 6) is -1.61. The van der Waals surface area contributed by atoms with Crippen LogP contribution in [-0.4, -0.2) is 14.9 Å². The van der Waals surface area contributed by atoms with Crippen LogP contribution in [0.3, 0.4) is 0 Å². The van der Waals surface area contributed by atoms with E-state index < -0.39 is 23.3 Å². The molecule has 0 aliphatic rings. The molecule has 1 heterocycles. The largest absolute Gasteiger partial charge is 0.383 e. The Morgan fingerprint density at radius 1 is 1.24 bits per heavy atom. The van der Waals surface area contributed by atoms with Gasteiger partial charge in [0.2, 0.25) is 0 Å². The molecule has 0 aliphatic carbocycles. The summed E-state index contributed by atoms with van der Waals surface area (Å²) in [5, 5.41) is 14.9. The van der Waals surface area contributed by atoms with Gasteiger partial charge in [-0.25, -0.2) is 8.78 Å². The molecule has 114 valence electrons. The number of benzene rings is 1. The van der Waals surface area contributed by atoms with Gasteiger partial charge in [-0.2, -0.15) is 5.10 Å². The van der Waals surface area contributed by atoms with Crippen molar-refractivity contribution in [1.29, 1.82) is 0 Å². The van der Waals surface area contributed by atoms with E-state index in [1.54, 1.807) is 7.05 Å². The highest BCUT2D eigenvalue weighted by Crippen LogP contribution is 2.36. The van der Waals surface area contributed by atoms with Gasteiger partial charge in [0.1, 0.15) is 22.9 Å². The summed E-state index contributed by atoms with van der Waals surface area (Å²) in [5.41, 5.74) is 0.635. The van der Waals surface area contributed by atoms with Crippen molar-refractivity contribution in [3.8, 4) is 0 Å². The predicted molar refractivity (Wildman–Crippen MR) is 77.5 cm³/mol. The first kappa shape index (κ1) is 15.9. The van der Waals surface area contributed by atoms with Crippen molar-refractivity contribution in [1.82, 2.24) is 9.78 Å². The van der Waals surface area contributed by atoms with Gasteiger partial charge in [-0.05, 0) is 24.5 Å². The van der Waals surface area contributed by atoms with Crippen molar-refractivity contribution in [2.75, 3.05) is 0 Å². The molecule has 2 aromatic rings. The number of rotatable bonds is 3. The molecule has 2 rings (SSSR count). The second-order valence-corrected chi connectivity index (χ2v) is 5.72. The van der Waals surface area contributed by atoms with Crippen LogP contribution in [0.15, 0.2) is 12.1 Å². The van der Waals surface area contributed by atoms with Gasteiger partial charge in [0.05, 0.1) is 11.3 Å². The molecular formula is C15H17ClF2N2O. The van der Waals surface area contributed by atoms with Crippen molar-refractivity contribution in [2.24, 2.45) is 7.05 Å². The zero-order valence-corrected chi connectivity index (χ0v) is 13.0. The Hall–Kier alpha value is -1.46. The number of aromatic nitrogens is 2. The van der Waals surface area contributed by atoms with E-state index in [0.29, 0.717) is 5.69 Å². The summed E-state index contributed by atoms with van der Waals surface area (Å²) in [6.45, 7) is 5.26. The van der Waals surface area contributed by atoms with E-state index in [0.717, 1.165) is 6.07 Å². The van der Waals surface area contributed by atoms with E-state index in [9.17, 15) is 13.9 Å². The third-order valence-electron chi connectivity index (χ3n) is 3.45. The van der Waals surface area contributed by atoms with E-state index in [4.69, 9.17) is 11.6 Å². The third kappa shape index (κ3) is 2.68. The molecule has 0 radical (unpaired) electrons. The Morgan fingerprint density at radius 2 is 1.86 bits per heavy atom. The fraction of sp³-hybridized carbons (Fsp3) is 0.400. The van der Waals surface area contributed by atoms with Gasteiger partial charge in [-0.3, -0.25) is 4.68 Å². The van der Waals surface area contributed by atoms with Crippen LogP contribution < -0.4 is 0 Å². The van der Waals surface area contributed by atoms with E-state index in [1.165, 1.54) is 17.7 Å². The van der Waals surface area contributed by atoms with Gasteiger partial charge in [0, 0.05) is 12.6 Å². The van der Waals surface area contributed by atoms with Crippen LogP contribution in [0.1, 0.15) is 48.3 Å². The predicted octanol–water partition coefficient (Wildman–Crippen LogP) is 3.87. The Labute approximate surface area is 127 Å². The normalized spacial score (nSPS) is 13.0. The maximum absolute atomic E-state index is 14.2. The molecular weight excluding hydrogens is 298 g/mol. The van der Waals surface area contributed by atoms with Crippen LogP contribution >= 0.6 is 11.6 Å². The minimum absolute atomic E-state index is 0.0377. The number of hydrogen-bond acceptors (Lipinski definition) is 2. The Balaban J connectivity index is 2.66. The van der Waals surface area contributed by atoms with Crippen LogP contribution in [0, 0.1) is 18.6 Å². The average Bonchev–Trinajstić information content (AvgIpc) is 2.71. The highest BCUT2D eigenvalue weighted by Gasteiger charge is 2.29. The Kier molecular flexibility index (Phi) is 4.35. The van der Waals surface area contributed by atoms with Gasteiger partial charge in [0.15, 0.2) is 0 Å². The number of aryl methyl sites for hydroxylation is 2. The number of hydrogen-bond donors (Lipinski definition) is 1. The minimum atomic E-state index is -1.50. The van der Waals surface area contributed by atoms with Gasteiger partial charge in [-0.1, -0.05) is 31.5 Å². The van der Waals surface area contributed by atoms with E-state index >= 15 is 0 Å². The fourth-order valence-corrected chi connectivity index (χ4v) is 2.53. The maximum atomic E-state index is 14.2. The van der Waals surface area contributed by atoms with Crippen LogP contribution in [0.25, 0.3) is 0 Å². The van der Waals surface area contributed by atoms with Gasteiger partial charge < -0.3 is 5.11 Å². The van der Waals surface area contributed by atoms with Crippen molar-refractivity contribution < 1.29 is 13.9 Å². The summed E-state index contributed by atoms with van der Waals surface area (Å²) in [6.07, 6.45) is -1.50. The smallest absolute Gasteiger partial charge is 0.135 e. The van der Waals surface area contributed by atoms with Gasteiger partial charge >= 0.3 is 0 Å². The molecule has 0 amide bonds. The standard InChI is InChI=1S/C15H17ClF2N2O/c1-7(2)13-11(15(16)20(4)19-13)14(21)10-9(17)6-5-8(3)12(10)18/h5-7,14,21H,1-4H3. The summed E-state index contributed by atoms with van der Waals surface area (Å²) in [6, 6.07) is 2.46. The number of aliphatic hydroxyl groups is 1. The zero-order valence-electron chi connectivity index (χ0n) is 12.3. The maximum Gasteiger partial charge on any atom is 0.135 e. The first-order chi connectivity index (χ1) is 9.75. The highest BCUT2D eigenvalue weighted by molar-refractivity contribution is 6.30. The van der Waals surface area contributed by atoms with E-state index in [-0.39, 0.29) is 22.2 Å². The lowest BCUT2D eigenvalue weighted by molar-refractivity contribution is 0.207. The number of nitrogens with zero attached hydrogens (tertiary/aromatic N) is 2. The van der Waals surface area contributed by atoms with Crippen molar-refractivity contribution in [2.45, 2.75) is 32.8 Å². The van der Waals surface area contributed by atoms with Crippen LogP contribution in [-0.2, 0) is 7.05 Å².